The molecule has 2 fully saturated rings. The van der Waals surface area contributed by atoms with Crippen LogP contribution in [-0.4, -0.2) is 92.5 Å². The second-order valence-corrected chi connectivity index (χ2v) is 14.0. The smallest absolute Gasteiger partial charge is 0.308 e. The molecule has 240 valence electrons. The van der Waals surface area contributed by atoms with E-state index in [2.05, 4.69) is 51.2 Å². The number of rotatable bonds is 13. The zero-order valence-electron chi connectivity index (χ0n) is 27.2. The molecule has 0 bridgehead atoms. The topological polar surface area (TPSA) is 79.3 Å². The Morgan fingerprint density at radius 3 is 2.64 bits per heavy atom. The minimum Gasteiger partial charge on any atom is -0.493 e. The van der Waals surface area contributed by atoms with Crippen LogP contribution in [0.1, 0.15) is 74.5 Å². The number of hydrogen-bond acceptors (Lipinski definition) is 5. The highest BCUT2D eigenvalue weighted by molar-refractivity contribution is 5.95. The summed E-state index contributed by atoms with van der Waals surface area (Å²) in [5, 5.41) is 10.6. The molecular formula is C36H52N3O5+. The van der Waals surface area contributed by atoms with Crippen molar-refractivity contribution in [3.8, 4) is 5.75 Å². The fraction of sp³-hybridized carbons (Fsp3) is 0.611. The predicted molar refractivity (Wildman–Crippen MR) is 173 cm³/mol. The van der Waals surface area contributed by atoms with Crippen LogP contribution in [0.2, 0.25) is 0 Å². The van der Waals surface area contributed by atoms with Crippen LogP contribution in [0, 0.1) is 5.92 Å². The molecule has 8 nitrogen and oxygen atoms in total. The summed E-state index contributed by atoms with van der Waals surface area (Å²) in [6.07, 6.45) is 7.68. The first kappa shape index (κ1) is 32.5. The minimum atomic E-state index is -0.785. The third-order valence-electron chi connectivity index (χ3n) is 9.49. The van der Waals surface area contributed by atoms with E-state index in [0.717, 1.165) is 85.1 Å². The third kappa shape index (κ3) is 8.01. The van der Waals surface area contributed by atoms with Gasteiger partial charge in [0.1, 0.15) is 12.3 Å². The minimum absolute atomic E-state index is 0.0342. The number of anilines is 1. The largest absolute Gasteiger partial charge is 0.493 e. The van der Waals surface area contributed by atoms with Gasteiger partial charge < -0.3 is 24.0 Å². The first-order valence-corrected chi connectivity index (χ1v) is 16.7. The lowest BCUT2D eigenvalue weighted by atomic mass is 9.82. The third-order valence-corrected chi connectivity index (χ3v) is 9.49. The van der Waals surface area contributed by atoms with Gasteiger partial charge in [0.05, 0.1) is 46.3 Å². The molecule has 2 aromatic carbocycles. The van der Waals surface area contributed by atoms with Crippen LogP contribution >= 0.6 is 0 Å². The van der Waals surface area contributed by atoms with E-state index in [0.29, 0.717) is 26.1 Å². The van der Waals surface area contributed by atoms with Gasteiger partial charge in [0.15, 0.2) is 0 Å². The molecule has 3 aliphatic heterocycles. The lowest BCUT2D eigenvalue weighted by Gasteiger charge is -2.31. The maximum absolute atomic E-state index is 14.2. The number of ether oxygens (including phenoxy) is 2. The number of unbranched alkanes of at least 4 members (excludes halogenated alkanes) is 1. The monoisotopic (exact) mass is 606 g/mol. The van der Waals surface area contributed by atoms with Gasteiger partial charge in [-0.25, -0.2) is 0 Å². The maximum atomic E-state index is 14.2. The zero-order valence-corrected chi connectivity index (χ0v) is 27.2. The molecule has 3 aliphatic rings. The van der Waals surface area contributed by atoms with Crippen LogP contribution in [0.15, 0.2) is 42.5 Å². The molecule has 8 heteroatoms. The Labute approximate surface area is 263 Å². The Bertz CT molecular complexity index is 1280. The number of carboxylic acids is 1. The van der Waals surface area contributed by atoms with Crippen LogP contribution in [-0.2, 0) is 27.3 Å². The van der Waals surface area contributed by atoms with Crippen molar-refractivity contribution >= 4 is 17.6 Å². The van der Waals surface area contributed by atoms with E-state index in [4.69, 9.17) is 9.47 Å². The summed E-state index contributed by atoms with van der Waals surface area (Å²) in [4.78, 5) is 31.3. The van der Waals surface area contributed by atoms with Gasteiger partial charge in [-0.15, -0.1) is 0 Å². The van der Waals surface area contributed by atoms with E-state index < -0.39 is 11.9 Å². The number of nitrogens with zero attached hydrogens (tertiary/aromatic N) is 3. The Morgan fingerprint density at radius 2 is 1.91 bits per heavy atom. The lowest BCUT2D eigenvalue weighted by molar-refractivity contribution is -0.884. The summed E-state index contributed by atoms with van der Waals surface area (Å²) < 4.78 is 12.6. The predicted octanol–water partition coefficient (Wildman–Crippen LogP) is 5.48. The van der Waals surface area contributed by atoms with Gasteiger partial charge >= 0.3 is 5.97 Å². The first-order valence-electron chi connectivity index (χ1n) is 16.7. The van der Waals surface area contributed by atoms with Crippen molar-refractivity contribution in [2.45, 2.75) is 82.9 Å². The summed E-state index contributed by atoms with van der Waals surface area (Å²) in [7, 11) is 6.51. The number of carbonyl (C=O) groups excluding carboxylic acids is 1. The van der Waals surface area contributed by atoms with Crippen molar-refractivity contribution in [3.63, 3.8) is 0 Å². The summed E-state index contributed by atoms with van der Waals surface area (Å²) in [5.74, 6) is -0.640. The molecule has 44 heavy (non-hydrogen) atoms. The number of carboxylic acid groups (broad SMARTS) is 1. The van der Waals surface area contributed by atoms with Crippen molar-refractivity contribution < 1.29 is 28.7 Å². The number of benzene rings is 2. The van der Waals surface area contributed by atoms with Crippen molar-refractivity contribution in [2.24, 2.45) is 5.92 Å². The number of fused-ring (bicyclic) bond motifs is 1. The quantitative estimate of drug-likeness (QED) is 0.305. The van der Waals surface area contributed by atoms with Gasteiger partial charge in [0.25, 0.3) is 0 Å². The lowest BCUT2D eigenvalue weighted by Crippen LogP contribution is -2.45. The molecule has 0 saturated carbocycles. The first-order chi connectivity index (χ1) is 21.1. The number of likely N-dealkylation sites (tertiary alicyclic amines) is 1. The highest BCUT2D eigenvalue weighted by Gasteiger charge is 2.47. The summed E-state index contributed by atoms with van der Waals surface area (Å²) in [6.45, 7) is 5.85. The van der Waals surface area contributed by atoms with Crippen LogP contribution < -0.4 is 9.64 Å². The Balaban J connectivity index is 1.41. The number of amides is 1. The van der Waals surface area contributed by atoms with Gasteiger partial charge in [-0.05, 0) is 67.9 Å². The van der Waals surface area contributed by atoms with Gasteiger partial charge in [-0.2, -0.15) is 0 Å². The Hall–Kier alpha value is -2.94. The van der Waals surface area contributed by atoms with Crippen molar-refractivity contribution in [3.05, 3.63) is 59.2 Å². The number of aliphatic carboxylic acids is 1. The average molecular weight is 607 g/mol. The van der Waals surface area contributed by atoms with Crippen LogP contribution in [0.5, 0.6) is 5.75 Å². The van der Waals surface area contributed by atoms with E-state index in [1.54, 1.807) is 0 Å². The fourth-order valence-electron chi connectivity index (χ4n) is 7.36. The second kappa shape index (κ2) is 14.4. The summed E-state index contributed by atoms with van der Waals surface area (Å²) >= 11 is 0. The van der Waals surface area contributed by atoms with E-state index >= 15 is 0 Å². The summed E-state index contributed by atoms with van der Waals surface area (Å²) in [5.41, 5.74) is 4.30. The number of hydrogen-bond donors (Lipinski definition) is 1. The Morgan fingerprint density at radius 1 is 1.07 bits per heavy atom. The van der Waals surface area contributed by atoms with Gasteiger partial charge in [-0.3, -0.25) is 14.5 Å². The van der Waals surface area contributed by atoms with Crippen molar-refractivity contribution in [2.75, 3.05) is 58.9 Å². The molecule has 2 saturated heterocycles. The van der Waals surface area contributed by atoms with Crippen LogP contribution in [0.4, 0.5) is 5.69 Å². The molecule has 4 unspecified atom stereocenters. The van der Waals surface area contributed by atoms with Crippen LogP contribution in [0.3, 0.4) is 0 Å². The van der Waals surface area contributed by atoms with Gasteiger partial charge in [0, 0.05) is 49.3 Å². The highest BCUT2D eigenvalue weighted by Crippen LogP contribution is 2.42. The molecule has 4 atom stereocenters. The molecule has 3 heterocycles. The van der Waals surface area contributed by atoms with E-state index in [1.807, 2.05) is 29.2 Å². The fourth-order valence-corrected chi connectivity index (χ4v) is 7.36. The average Bonchev–Trinajstić information content (AvgIpc) is 3.60. The number of quaternary nitrogens is 1. The number of carbonyl (C=O) groups is 2. The van der Waals surface area contributed by atoms with Gasteiger partial charge in [-0.1, -0.05) is 37.6 Å². The maximum Gasteiger partial charge on any atom is 0.308 e. The molecule has 0 aromatic heterocycles. The molecular weight excluding hydrogens is 554 g/mol. The second-order valence-electron chi connectivity index (χ2n) is 14.0. The molecule has 2 aromatic rings. The summed E-state index contributed by atoms with van der Waals surface area (Å²) in [6, 6.07) is 14.3. The molecule has 5 rings (SSSR count). The van der Waals surface area contributed by atoms with Crippen molar-refractivity contribution in [1.82, 2.24) is 4.90 Å². The van der Waals surface area contributed by atoms with E-state index in [9.17, 15) is 14.7 Å². The molecule has 0 radical (unpaired) electrons. The van der Waals surface area contributed by atoms with E-state index in [-0.39, 0.29) is 30.5 Å². The molecule has 0 spiro atoms. The molecule has 1 N–H and O–H groups in total. The van der Waals surface area contributed by atoms with E-state index in [1.165, 1.54) is 5.56 Å². The van der Waals surface area contributed by atoms with Gasteiger partial charge in [0.2, 0.25) is 5.91 Å². The molecule has 1 amide bonds. The SMILES string of the molecule is CCCCN(C(=O)CN1CC(c2ccc3c(c2)CCO3)C(C(=O)O)C1CCC1CCCCO1)c1cccc(C[N+](C)(C)C)c1. The normalized spacial score (nSPS) is 23.7. The standard InChI is InChI=1S/C36H51N3O5/c1-5-6-18-38(29-11-9-10-26(21-29)25-39(2,3)4)34(40)24-37-23-31(27-13-16-33-28(22-27)17-20-44-33)35(36(41)42)32(37)15-14-30-12-7-8-19-43-30/h9-11,13,16,21-22,30-32,35H,5-8,12,14-15,17-20,23-25H2,1-4H3/p+1. The Kier molecular flexibility index (Phi) is 10.7. The highest BCUT2D eigenvalue weighted by atomic mass is 16.5. The van der Waals surface area contributed by atoms with Crippen molar-refractivity contribution in [1.29, 1.82) is 0 Å². The van der Waals surface area contributed by atoms with Crippen LogP contribution in [0.25, 0.3) is 0 Å². The zero-order chi connectivity index (χ0) is 31.3. The molecule has 0 aliphatic carbocycles.